The number of ether oxygens (including phenoxy) is 3. The van der Waals surface area contributed by atoms with Crippen LogP contribution in [0.4, 0.5) is 14.4 Å². The lowest BCUT2D eigenvalue weighted by atomic mass is 10.2. The lowest BCUT2D eigenvalue weighted by molar-refractivity contribution is 0.0140. The van der Waals surface area contributed by atoms with Gasteiger partial charge in [-0.1, -0.05) is 0 Å². The van der Waals surface area contributed by atoms with Gasteiger partial charge in [-0.2, -0.15) is 0 Å². The van der Waals surface area contributed by atoms with Crippen molar-refractivity contribution in [2.24, 2.45) is 5.73 Å². The average Bonchev–Trinajstić information content (AvgIpc) is 2.69. The minimum absolute atomic E-state index is 0.275. The van der Waals surface area contributed by atoms with Crippen LogP contribution in [0, 0.1) is 0 Å². The van der Waals surface area contributed by atoms with Crippen LogP contribution in [0.15, 0.2) is 0 Å². The van der Waals surface area contributed by atoms with Crippen LogP contribution in [0.1, 0.15) is 62.3 Å². The molecule has 218 valence electrons. The van der Waals surface area contributed by atoms with Crippen LogP contribution in [0.2, 0.25) is 0 Å². The smallest absolute Gasteiger partial charge is 0.410 e. The maximum absolute atomic E-state index is 12.8. The molecule has 0 atom stereocenters. The number of carbonyl (C=O) groups is 3. The number of hydrogen-bond donors (Lipinski definition) is 4. The van der Waals surface area contributed by atoms with E-state index in [0.717, 1.165) is 0 Å². The lowest BCUT2D eigenvalue weighted by Gasteiger charge is -2.31. The van der Waals surface area contributed by atoms with Gasteiger partial charge in [-0.3, -0.25) is 0 Å². The summed E-state index contributed by atoms with van der Waals surface area (Å²) in [6.45, 7) is 20.8. The second-order valence-electron chi connectivity index (χ2n) is 11.7. The molecular weight excluding hydrogens is 480 g/mol. The molecule has 5 N–H and O–H groups in total. The molecule has 0 aliphatic heterocycles. The summed E-state index contributed by atoms with van der Waals surface area (Å²) in [6, 6.07) is 0. The van der Waals surface area contributed by atoms with E-state index in [9.17, 15) is 14.4 Å². The molecule has 0 rings (SSSR count). The van der Waals surface area contributed by atoms with E-state index in [-0.39, 0.29) is 19.6 Å². The molecule has 0 aliphatic rings. The SMILES string of the molecule is CC(C)(C)OC(=O)NCCNCCNCCN(CCN(CCN)C(=O)OC(C)(C)C)C(=O)OC(C)(C)C. The van der Waals surface area contributed by atoms with Crippen molar-refractivity contribution in [3.05, 3.63) is 0 Å². The molecule has 0 saturated heterocycles. The second-order valence-corrected chi connectivity index (χ2v) is 11.7. The van der Waals surface area contributed by atoms with E-state index < -0.39 is 35.1 Å². The lowest BCUT2D eigenvalue weighted by Crippen LogP contribution is -2.47. The number of rotatable bonds is 14. The van der Waals surface area contributed by atoms with Gasteiger partial charge in [0.2, 0.25) is 0 Å². The highest BCUT2D eigenvalue weighted by atomic mass is 16.6. The van der Waals surface area contributed by atoms with E-state index in [0.29, 0.717) is 45.8 Å². The van der Waals surface area contributed by atoms with Crippen molar-refractivity contribution in [2.75, 3.05) is 65.4 Å². The summed E-state index contributed by atoms with van der Waals surface area (Å²) in [6.07, 6.45) is -1.35. The minimum Gasteiger partial charge on any atom is -0.444 e. The third-order valence-electron chi connectivity index (χ3n) is 4.35. The van der Waals surface area contributed by atoms with Crippen molar-refractivity contribution in [2.45, 2.75) is 79.1 Å². The summed E-state index contributed by atoms with van der Waals surface area (Å²) < 4.78 is 16.2. The molecule has 0 spiro atoms. The Balaban J connectivity index is 4.58. The molecule has 37 heavy (non-hydrogen) atoms. The van der Waals surface area contributed by atoms with Crippen LogP contribution < -0.4 is 21.7 Å². The van der Waals surface area contributed by atoms with Crippen molar-refractivity contribution in [3.8, 4) is 0 Å². The zero-order valence-electron chi connectivity index (χ0n) is 24.5. The summed E-state index contributed by atoms with van der Waals surface area (Å²) in [5.41, 5.74) is 3.90. The second kappa shape index (κ2) is 16.5. The Bertz CT molecular complexity index is 685. The normalized spacial score (nSPS) is 12.1. The number of amides is 3. The first-order valence-corrected chi connectivity index (χ1v) is 13.0. The molecule has 0 aliphatic carbocycles. The van der Waals surface area contributed by atoms with Crippen LogP contribution in [-0.4, -0.2) is 110 Å². The summed E-state index contributed by atoms with van der Waals surface area (Å²) in [4.78, 5) is 40.0. The first-order valence-electron chi connectivity index (χ1n) is 13.0. The fourth-order valence-electron chi connectivity index (χ4n) is 2.85. The van der Waals surface area contributed by atoms with E-state index in [1.807, 2.05) is 41.5 Å². The molecule has 3 amide bonds. The van der Waals surface area contributed by atoms with Gasteiger partial charge in [0.15, 0.2) is 0 Å². The van der Waals surface area contributed by atoms with Crippen molar-refractivity contribution < 1.29 is 28.6 Å². The zero-order chi connectivity index (χ0) is 28.7. The molecule has 0 aromatic carbocycles. The largest absolute Gasteiger partial charge is 0.444 e. The van der Waals surface area contributed by atoms with E-state index in [1.54, 1.807) is 25.7 Å². The summed E-state index contributed by atoms with van der Waals surface area (Å²) in [5.74, 6) is 0. The van der Waals surface area contributed by atoms with Crippen LogP contribution >= 0.6 is 0 Å². The van der Waals surface area contributed by atoms with Crippen molar-refractivity contribution in [1.29, 1.82) is 0 Å². The summed E-state index contributed by atoms with van der Waals surface area (Å²) in [7, 11) is 0. The molecule has 0 radical (unpaired) electrons. The highest BCUT2D eigenvalue weighted by Crippen LogP contribution is 2.12. The fourth-order valence-corrected chi connectivity index (χ4v) is 2.85. The molecule has 0 unspecified atom stereocenters. The van der Waals surface area contributed by atoms with Crippen LogP contribution in [0.5, 0.6) is 0 Å². The maximum atomic E-state index is 12.8. The Kier molecular flexibility index (Phi) is 15.5. The molecule has 0 aromatic heterocycles. The number of nitrogens with two attached hydrogens (primary N) is 1. The first kappa shape index (κ1) is 34.7. The number of nitrogens with one attached hydrogen (secondary N) is 3. The number of nitrogens with zero attached hydrogens (tertiary/aromatic N) is 2. The predicted octanol–water partition coefficient (Wildman–Crippen LogP) is 2.12. The van der Waals surface area contributed by atoms with Gasteiger partial charge in [0.1, 0.15) is 16.8 Å². The van der Waals surface area contributed by atoms with Crippen molar-refractivity contribution >= 4 is 18.3 Å². The van der Waals surface area contributed by atoms with E-state index in [2.05, 4.69) is 16.0 Å². The quantitative estimate of drug-likeness (QED) is 0.195. The molecule has 0 saturated carbocycles. The van der Waals surface area contributed by atoms with E-state index in [1.165, 1.54) is 4.90 Å². The van der Waals surface area contributed by atoms with Gasteiger partial charge >= 0.3 is 18.3 Å². The molecule has 12 nitrogen and oxygen atoms in total. The van der Waals surface area contributed by atoms with Gasteiger partial charge in [-0.15, -0.1) is 0 Å². The van der Waals surface area contributed by atoms with Gasteiger partial charge in [0.05, 0.1) is 0 Å². The highest BCUT2D eigenvalue weighted by molar-refractivity contribution is 5.69. The zero-order valence-corrected chi connectivity index (χ0v) is 24.5. The van der Waals surface area contributed by atoms with Crippen molar-refractivity contribution in [1.82, 2.24) is 25.8 Å². The first-order chi connectivity index (χ1) is 16.9. The van der Waals surface area contributed by atoms with Crippen molar-refractivity contribution in [3.63, 3.8) is 0 Å². The average molecular weight is 533 g/mol. The standard InChI is InChI=1S/C25H52N6O6/c1-23(2,3)35-20(32)29-14-13-27-11-12-28-15-17-31(22(34)37-25(7,8)9)19-18-30(16-10-26)21(33)36-24(4,5)6/h27-28H,10-19,26H2,1-9H3,(H,29,32). The fraction of sp³-hybridized carbons (Fsp3) is 0.880. The molecule has 0 aromatic rings. The topological polar surface area (TPSA) is 147 Å². The van der Waals surface area contributed by atoms with Crippen LogP contribution in [0.3, 0.4) is 0 Å². The minimum atomic E-state index is -0.637. The Morgan fingerprint density at radius 2 is 1.00 bits per heavy atom. The third kappa shape index (κ3) is 20.4. The Morgan fingerprint density at radius 3 is 1.43 bits per heavy atom. The highest BCUT2D eigenvalue weighted by Gasteiger charge is 2.25. The predicted molar refractivity (Wildman–Crippen MR) is 145 cm³/mol. The van der Waals surface area contributed by atoms with Crippen LogP contribution in [-0.2, 0) is 14.2 Å². The third-order valence-corrected chi connectivity index (χ3v) is 4.35. The maximum Gasteiger partial charge on any atom is 0.410 e. The monoisotopic (exact) mass is 532 g/mol. The summed E-state index contributed by atoms with van der Waals surface area (Å²) >= 11 is 0. The molecule has 0 bridgehead atoms. The van der Waals surface area contributed by atoms with Gasteiger partial charge in [-0.05, 0) is 62.3 Å². The Morgan fingerprint density at radius 1 is 0.595 bits per heavy atom. The van der Waals surface area contributed by atoms with E-state index >= 15 is 0 Å². The van der Waals surface area contributed by atoms with Gasteiger partial charge < -0.3 is 45.7 Å². The number of hydrogen-bond acceptors (Lipinski definition) is 9. The van der Waals surface area contributed by atoms with Gasteiger partial charge in [-0.25, -0.2) is 14.4 Å². The Hall–Kier alpha value is -2.31. The molecular formula is C25H52N6O6. The molecule has 0 heterocycles. The summed E-state index contributed by atoms with van der Waals surface area (Å²) in [5, 5.41) is 9.20. The van der Waals surface area contributed by atoms with Gasteiger partial charge in [0, 0.05) is 65.4 Å². The Labute approximate surface area is 223 Å². The number of alkyl carbamates (subject to hydrolysis) is 1. The van der Waals surface area contributed by atoms with E-state index in [4.69, 9.17) is 19.9 Å². The molecule has 12 heteroatoms. The number of carbonyl (C=O) groups excluding carboxylic acids is 3. The van der Waals surface area contributed by atoms with Gasteiger partial charge in [0.25, 0.3) is 0 Å². The molecule has 0 fully saturated rings. The van der Waals surface area contributed by atoms with Crippen LogP contribution in [0.25, 0.3) is 0 Å².